The summed E-state index contributed by atoms with van der Waals surface area (Å²) in [6.07, 6.45) is -1.24. The van der Waals surface area contributed by atoms with Crippen molar-refractivity contribution in [2.45, 2.75) is 6.18 Å². The first kappa shape index (κ1) is 17.9. The lowest BCUT2D eigenvalue weighted by Crippen LogP contribution is -2.51. The number of piperazine rings is 1. The molecule has 0 radical (unpaired) electrons. The number of hydrogen-bond donors (Lipinski definition) is 2. The molecule has 1 aliphatic heterocycles. The zero-order chi connectivity index (χ0) is 17.6. The Morgan fingerprint density at radius 1 is 1.12 bits per heavy atom. The Bertz CT molecular complexity index is 561. The molecule has 0 aromatic carbocycles. The fourth-order valence-electron chi connectivity index (χ4n) is 2.15. The monoisotopic (exact) mass is 346 g/mol. The smallest absolute Gasteiger partial charge is 0.338 e. The van der Waals surface area contributed by atoms with Gasteiger partial charge >= 0.3 is 12.2 Å². The predicted molar refractivity (Wildman–Crippen MR) is 78.3 cm³/mol. The molecule has 2 heterocycles. The lowest BCUT2D eigenvalue weighted by molar-refractivity contribution is -0.125. The number of alkyl halides is 3. The molecule has 0 spiro atoms. The van der Waals surface area contributed by atoms with E-state index in [9.17, 15) is 22.8 Å². The summed E-state index contributed by atoms with van der Waals surface area (Å²) in [5.41, 5.74) is 0. The minimum atomic E-state index is -4.52. The Morgan fingerprint density at radius 3 is 2.33 bits per heavy atom. The molecule has 0 atom stereocenters. The Hall–Kier alpha value is -2.43. The van der Waals surface area contributed by atoms with Crippen molar-refractivity contribution in [3.8, 4) is 0 Å². The molecule has 1 fully saturated rings. The first-order chi connectivity index (χ1) is 11.3. The number of imide groups is 1. The van der Waals surface area contributed by atoms with E-state index < -0.39 is 24.7 Å². The quantitative estimate of drug-likeness (QED) is 0.797. The number of rotatable bonds is 4. The maximum Gasteiger partial charge on any atom is 0.405 e. The Morgan fingerprint density at radius 2 is 1.75 bits per heavy atom. The van der Waals surface area contributed by atoms with E-state index in [0.29, 0.717) is 32.1 Å². The average Bonchev–Trinajstić information content (AvgIpc) is 2.54. The van der Waals surface area contributed by atoms with Crippen molar-refractivity contribution in [2.24, 2.45) is 0 Å². The standard InChI is InChI=1S/C13H17F3N6O2/c14-13(15,16)9-19-12(24)20-10(23)8-21-4-6-22(7-5-21)11-17-2-1-3-18-11/h1-3H,4-9H2,(H2,19,20,23,24). The van der Waals surface area contributed by atoms with Gasteiger partial charge in [0.05, 0.1) is 6.54 Å². The number of hydrogen-bond acceptors (Lipinski definition) is 6. The largest absolute Gasteiger partial charge is 0.405 e. The van der Waals surface area contributed by atoms with Crippen LogP contribution in [0, 0.1) is 0 Å². The third-order valence-corrected chi connectivity index (χ3v) is 3.28. The second-order valence-corrected chi connectivity index (χ2v) is 5.16. The van der Waals surface area contributed by atoms with Gasteiger partial charge in [-0.1, -0.05) is 0 Å². The first-order valence-corrected chi connectivity index (χ1v) is 7.22. The van der Waals surface area contributed by atoms with Gasteiger partial charge in [-0.15, -0.1) is 0 Å². The van der Waals surface area contributed by atoms with Crippen molar-refractivity contribution < 1.29 is 22.8 Å². The maximum atomic E-state index is 12.0. The summed E-state index contributed by atoms with van der Waals surface area (Å²) in [5, 5.41) is 3.45. The molecule has 1 aromatic heterocycles. The van der Waals surface area contributed by atoms with Crippen LogP contribution in [0.3, 0.4) is 0 Å². The van der Waals surface area contributed by atoms with E-state index in [0.717, 1.165) is 0 Å². The summed E-state index contributed by atoms with van der Waals surface area (Å²) < 4.78 is 35.9. The zero-order valence-corrected chi connectivity index (χ0v) is 12.7. The Balaban J connectivity index is 1.69. The molecule has 2 rings (SSSR count). The molecule has 0 saturated carbocycles. The Labute approximate surface area is 136 Å². The fourth-order valence-corrected chi connectivity index (χ4v) is 2.15. The van der Waals surface area contributed by atoms with Gasteiger partial charge in [0.1, 0.15) is 6.54 Å². The zero-order valence-electron chi connectivity index (χ0n) is 12.7. The van der Waals surface area contributed by atoms with Crippen LogP contribution in [0.15, 0.2) is 18.5 Å². The van der Waals surface area contributed by atoms with Crippen molar-refractivity contribution in [3.63, 3.8) is 0 Å². The number of amides is 3. The van der Waals surface area contributed by atoms with Gasteiger partial charge in [-0.25, -0.2) is 14.8 Å². The summed E-state index contributed by atoms with van der Waals surface area (Å²) in [6, 6.07) is 0.558. The lowest BCUT2D eigenvalue weighted by atomic mass is 10.3. The molecule has 8 nitrogen and oxygen atoms in total. The minimum Gasteiger partial charge on any atom is -0.338 e. The van der Waals surface area contributed by atoms with E-state index in [1.165, 1.54) is 0 Å². The van der Waals surface area contributed by atoms with Crippen LogP contribution < -0.4 is 15.5 Å². The number of carbonyl (C=O) groups is 2. The van der Waals surface area contributed by atoms with E-state index in [2.05, 4.69) is 9.97 Å². The summed E-state index contributed by atoms with van der Waals surface area (Å²) in [5.74, 6) is -0.0489. The molecule has 11 heteroatoms. The van der Waals surface area contributed by atoms with Crippen LogP contribution in [0.4, 0.5) is 23.9 Å². The van der Waals surface area contributed by atoms with Gasteiger partial charge in [-0.2, -0.15) is 13.2 Å². The molecule has 3 amide bonds. The van der Waals surface area contributed by atoms with Crippen molar-refractivity contribution in [1.82, 2.24) is 25.5 Å². The average molecular weight is 346 g/mol. The summed E-state index contributed by atoms with van der Waals surface area (Å²) >= 11 is 0. The highest BCUT2D eigenvalue weighted by atomic mass is 19.4. The van der Waals surface area contributed by atoms with Crippen molar-refractivity contribution in [1.29, 1.82) is 0 Å². The van der Waals surface area contributed by atoms with Gasteiger partial charge in [0.2, 0.25) is 11.9 Å². The Kier molecular flexibility index (Phi) is 5.90. The van der Waals surface area contributed by atoms with Crippen LogP contribution in [-0.4, -0.2) is 72.3 Å². The van der Waals surface area contributed by atoms with Gasteiger partial charge in [0, 0.05) is 38.6 Å². The number of urea groups is 1. The molecule has 2 N–H and O–H groups in total. The van der Waals surface area contributed by atoms with Crippen LogP contribution in [0.25, 0.3) is 0 Å². The SMILES string of the molecule is O=C(CN1CCN(c2ncccn2)CC1)NC(=O)NCC(F)(F)F. The molecular formula is C13H17F3N6O2. The third-order valence-electron chi connectivity index (χ3n) is 3.28. The second kappa shape index (κ2) is 7.90. The van der Waals surface area contributed by atoms with E-state index in [1.54, 1.807) is 28.7 Å². The van der Waals surface area contributed by atoms with E-state index in [-0.39, 0.29) is 6.54 Å². The fraction of sp³-hybridized carbons (Fsp3) is 0.538. The van der Waals surface area contributed by atoms with Crippen molar-refractivity contribution >= 4 is 17.9 Å². The molecule has 1 aliphatic rings. The molecule has 1 aromatic rings. The van der Waals surface area contributed by atoms with E-state index in [4.69, 9.17) is 0 Å². The molecule has 0 unspecified atom stereocenters. The van der Waals surface area contributed by atoms with Crippen molar-refractivity contribution in [3.05, 3.63) is 18.5 Å². The van der Waals surface area contributed by atoms with E-state index in [1.807, 2.05) is 10.2 Å². The highest BCUT2D eigenvalue weighted by Gasteiger charge is 2.28. The molecule has 24 heavy (non-hydrogen) atoms. The molecular weight excluding hydrogens is 329 g/mol. The summed E-state index contributed by atoms with van der Waals surface area (Å²) in [6.45, 7) is 0.769. The van der Waals surface area contributed by atoms with Gasteiger partial charge in [-0.3, -0.25) is 15.0 Å². The van der Waals surface area contributed by atoms with Gasteiger partial charge in [-0.05, 0) is 6.07 Å². The molecule has 132 valence electrons. The number of anilines is 1. The van der Waals surface area contributed by atoms with Crippen LogP contribution >= 0.6 is 0 Å². The van der Waals surface area contributed by atoms with Crippen molar-refractivity contribution in [2.75, 3.05) is 44.2 Å². The van der Waals surface area contributed by atoms with Crippen LogP contribution in [0.2, 0.25) is 0 Å². The van der Waals surface area contributed by atoms with Crippen LogP contribution in [0.1, 0.15) is 0 Å². The number of carbonyl (C=O) groups excluding carboxylic acids is 2. The highest BCUT2D eigenvalue weighted by molar-refractivity contribution is 5.95. The first-order valence-electron chi connectivity index (χ1n) is 7.22. The summed E-state index contributed by atoms with van der Waals surface area (Å²) in [7, 11) is 0. The van der Waals surface area contributed by atoms with Gasteiger partial charge in [0.15, 0.2) is 0 Å². The number of nitrogens with zero attached hydrogens (tertiary/aromatic N) is 4. The number of halogens is 3. The number of aromatic nitrogens is 2. The normalized spacial score (nSPS) is 15.9. The van der Waals surface area contributed by atoms with Crippen LogP contribution in [-0.2, 0) is 4.79 Å². The van der Waals surface area contributed by atoms with Gasteiger partial charge < -0.3 is 10.2 Å². The maximum absolute atomic E-state index is 12.0. The third kappa shape index (κ3) is 5.99. The predicted octanol–water partition coefficient (Wildman–Crippen LogP) is -0.0133. The summed E-state index contributed by atoms with van der Waals surface area (Å²) in [4.78, 5) is 34.9. The number of nitrogens with one attached hydrogen (secondary N) is 2. The molecule has 0 bridgehead atoms. The second-order valence-electron chi connectivity index (χ2n) is 5.16. The topological polar surface area (TPSA) is 90.5 Å². The highest BCUT2D eigenvalue weighted by Crippen LogP contribution is 2.12. The molecule has 1 saturated heterocycles. The van der Waals surface area contributed by atoms with Crippen LogP contribution in [0.5, 0.6) is 0 Å². The minimum absolute atomic E-state index is 0.0665. The lowest BCUT2D eigenvalue weighted by Gasteiger charge is -2.34. The molecule has 0 aliphatic carbocycles. The van der Waals surface area contributed by atoms with E-state index >= 15 is 0 Å². The van der Waals surface area contributed by atoms with Gasteiger partial charge in [0.25, 0.3) is 0 Å².